The number of nitrogens with one attached hydrogen (secondary N) is 1. The van der Waals surface area contributed by atoms with Crippen LogP contribution >= 0.6 is 12.2 Å². The van der Waals surface area contributed by atoms with E-state index in [1.165, 1.54) is 0 Å². The molecule has 1 heterocycles. The van der Waals surface area contributed by atoms with Crippen LogP contribution in [0.3, 0.4) is 0 Å². The molecule has 0 bridgehead atoms. The van der Waals surface area contributed by atoms with Crippen LogP contribution in [-0.4, -0.2) is 10.9 Å². The van der Waals surface area contributed by atoms with Crippen molar-refractivity contribution in [1.29, 1.82) is 0 Å². The number of rotatable bonds is 4. The zero-order valence-electron chi connectivity index (χ0n) is 10.7. The summed E-state index contributed by atoms with van der Waals surface area (Å²) in [7, 11) is 0. The third kappa shape index (κ3) is 2.27. The second-order valence-corrected chi connectivity index (χ2v) is 5.59. The number of carbonyl (C=O) groups is 1. The SMILES string of the molecule is Cc1ccc(CNC(=O)C2(C(N)=S)CC(C)C2)o1. The number of furan rings is 1. The van der Waals surface area contributed by atoms with Crippen LogP contribution < -0.4 is 11.1 Å². The predicted octanol–water partition coefficient (Wildman–Crippen LogP) is 1.91. The lowest BCUT2D eigenvalue weighted by Crippen LogP contribution is -2.55. The van der Waals surface area contributed by atoms with Gasteiger partial charge in [-0.2, -0.15) is 0 Å². The maximum absolute atomic E-state index is 12.2. The Kier molecular flexibility index (Phi) is 3.43. The van der Waals surface area contributed by atoms with Gasteiger partial charge in [0.25, 0.3) is 0 Å². The molecule has 0 aromatic carbocycles. The van der Waals surface area contributed by atoms with Gasteiger partial charge in [-0.1, -0.05) is 19.1 Å². The van der Waals surface area contributed by atoms with E-state index in [-0.39, 0.29) is 5.91 Å². The Morgan fingerprint density at radius 3 is 2.72 bits per heavy atom. The Bertz CT molecular complexity index is 475. The predicted molar refractivity (Wildman–Crippen MR) is 72.9 cm³/mol. The molecule has 1 aliphatic rings. The Morgan fingerprint density at radius 1 is 1.61 bits per heavy atom. The largest absolute Gasteiger partial charge is 0.465 e. The molecular formula is C13H18N2O2S. The zero-order chi connectivity index (χ0) is 13.3. The summed E-state index contributed by atoms with van der Waals surface area (Å²) in [4.78, 5) is 12.5. The molecule has 1 aliphatic carbocycles. The summed E-state index contributed by atoms with van der Waals surface area (Å²) < 4.78 is 5.40. The number of carbonyl (C=O) groups excluding carboxylic acids is 1. The van der Waals surface area contributed by atoms with Gasteiger partial charge in [0.15, 0.2) is 0 Å². The number of amides is 1. The molecule has 1 saturated carbocycles. The smallest absolute Gasteiger partial charge is 0.233 e. The van der Waals surface area contributed by atoms with Crippen molar-refractivity contribution in [3.05, 3.63) is 23.7 Å². The molecule has 5 heteroatoms. The Morgan fingerprint density at radius 2 is 2.28 bits per heavy atom. The summed E-state index contributed by atoms with van der Waals surface area (Å²) in [6.07, 6.45) is 1.48. The van der Waals surface area contributed by atoms with Crippen molar-refractivity contribution in [2.75, 3.05) is 0 Å². The lowest BCUT2D eigenvalue weighted by atomic mass is 9.62. The second-order valence-electron chi connectivity index (χ2n) is 5.15. The van der Waals surface area contributed by atoms with E-state index in [9.17, 15) is 4.79 Å². The van der Waals surface area contributed by atoms with Crippen LogP contribution in [0.4, 0.5) is 0 Å². The number of nitrogens with two attached hydrogens (primary N) is 1. The van der Waals surface area contributed by atoms with E-state index in [1.807, 2.05) is 19.1 Å². The van der Waals surface area contributed by atoms with Gasteiger partial charge in [-0.15, -0.1) is 0 Å². The number of hydrogen-bond acceptors (Lipinski definition) is 3. The van der Waals surface area contributed by atoms with Gasteiger partial charge in [-0.25, -0.2) is 0 Å². The molecule has 0 spiro atoms. The van der Waals surface area contributed by atoms with E-state index < -0.39 is 5.41 Å². The third-order valence-electron chi connectivity index (χ3n) is 3.52. The topological polar surface area (TPSA) is 68.3 Å². The molecule has 1 aromatic heterocycles. The Hall–Kier alpha value is -1.36. The van der Waals surface area contributed by atoms with Crippen LogP contribution in [-0.2, 0) is 11.3 Å². The number of aryl methyl sites for hydroxylation is 1. The van der Waals surface area contributed by atoms with Crippen LogP contribution in [0.1, 0.15) is 31.3 Å². The van der Waals surface area contributed by atoms with E-state index in [2.05, 4.69) is 12.2 Å². The molecular weight excluding hydrogens is 248 g/mol. The van der Waals surface area contributed by atoms with E-state index >= 15 is 0 Å². The fourth-order valence-corrected chi connectivity index (χ4v) is 2.80. The van der Waals surface area contributed by atoms with E-state index in [0.29, 0.717) is 17.5 Å². The van der Waals surface area contributed by atoms with Crippen molar-refractivity contribution in [1.82, 2.24) is 5.32 Å². The fourth-order valence-electron chi connectivity index (χ4n) is 2.55. The minimum absolute atomic E-state index is 0.0813. The van der Waals surface area contributed by atoms with Crippen molar-refractivity contribution < 1.29 is 9.21 Å². The highest BCUT2D eigenvalue weighted by Crippen LogP contribution is 2.45. The molecule has 4 nitrogen and oxygen atoms in total. The van der Waals surface area contributed by atoms with Crippen molar-refractivity contribution in [2.24, 2.45) is 17.1 Å². The molecule has 0 aliphatic heterocycles. The maximum atomic E-state index is 12.2. The lowest BCUT2D eigenvalue weighted by Gasteiger charge is -2.44. The second kappa shape index (κ2) is 4.72. The maximum Gasteiger partial charge on any atom is 0.233 e. The third-order valence-corrected chi connectivity index (χ3v) is 3.91. The van der Waals surface area contributed by atoms with Gasteiger partial charge < -0.3 is 15.5 Å². The Balaban J connectivity index is 1.97. The zero-order valence-corrected chi connectivity index (χ0v) is 11.5. The van der Waals surface area contributed by atoms with Crippen LogP contribution in [0.5, 0.6) is 0 Å². The van der Waals surface area contributed by atoms with Crippen LogP contribution in [0.15, 0.2) is 16.5 Å². The molecule has 0 radical (unpaired) electrons. The highest BCUT2D eigenvalue weighted by atomic mass is 32.1. The normalized spacial score (nSPS) is 26.4. The first-order valence-electron chi connectivity index (χ1n) is 6.07. The van der Waals surface area contributed by atoms with Crippen LogP contribution in [0.25, 0.3) is 0 Å². The molecule has 0 saturated heterocycles. The van der Waals surface area contributed by atoms with Gasteiger partial charge in [-0.05, 0) is 37.8 Å². The van der Waals surface area contributed by atoms with E-state index in [1.54, 1.807) is 0 Å². The monoisotopic (exact) mass is 266 g/mol. The quantitative estimate of drug-likeness (QED) is 0.817. The summed E-state index contributed by atoms with van der Waals surface area (Å²) in [5.74, 6) is 2.00. The first kappa shape index (κ1) is 13.1. The summed E-state index contributed by atoms with van der Waals surface area (Å²) in [6, 6.07) is 3.72. The first-order chi connectivity index (χ1) is 8.44. The van der Waals surface area contributed by atoms with Gasteiger partial charge in [-0.3, -0.25) is 4.79 Å². The highest BCUT2D eigenvalue weighted by molar-refractivity contribution is 7.80. The van der Waals surface area contributed by atoms with Gasteiger partial charge >= 0.3 is 0 Å². The summed E-state index contributed by atoms with van der Waals surface area (Å²) >= 11 is 5.04. The molecule has 2 rings (SSSR count). The van der Waals surface area contributed by atoms with Gasteiger partial charge in [0.1, 0.15) is 11.5 Å². The summed E-state index contributed by atoms with van der Waals surface area (Å²) in [5.41, 5.74) is 5.07. The van der Waals surface area contributed by atoms with E-state index in [0.717, 1.165) is 24.4 Å². The van der Waals surface area contributed by atoms with E-state index in [4.69, 9.17) is 22.4 Å². The minimum Gasteiger partial charge on any atom is -0.465 e. The molecule has 18 heavy (non-hydrogen) atoms. The van der Waals surface area contributed by atoms with Crippen molar-refractivity contribution >= 4 is 23.1 Å². The average Bonchev–Trinajstić information content (AvgIpc) is 2.67. The fraction of sp³-hybridized carbons (Fsp3) is 0.538. The van der Waals surface area contributed by atoms with Crippen LogP contribution in [0.2, 0.25) is 0 Å². The first-order valence-corrected chi connectivity index (χ1v) is 6.48. The summed E-state index contributed by atoms with van der Waals surface area (Å²) in [5, 5.41) is 2.86. The van der Waals surface area contributed by atoms with Gasteiger partial charge in [0.05, 0.1) is 16.9 Å². The molecule has 0 atom stereocenters. The molecule has 1 fully saturated rings. The standard InChI is InChI=1S/C13H18N2O2S/c1-8-5-13(6-8,11(14)18)12(16)15-7-10-4-3-9(2)17-10/h3-4,8H,5-7H2,1-2H3,(H2,14,18)(H,15,16). The van der Waals surface area contributed by atoms with Crippen molar-refractivity contribution in [3.63, 3.8) is 0 Å². The molecule has 1 amide bonds. The highest BCUT2D eigenvalue weighted by Gasteiger charge is 2.50. The van der Waals surface area contributed by atoms with Crippen molar-refractivity contribution in [2.45, 2.75) is 33.2 Å². The number of hydrogen-bond donors (Lipinski definition) is 2. The van der Waals surface area contributed by atoms with Crippen LogP contribution in [0, 0.1) is 18.3 Å². The lowest BCUT2D eigenvalue weighted by molar-refractivity contribution is -0.133. The molecule has 98 valence electrons. The minimum atomic E-state index is -0.642. The van der Waals surface area contributed by atoms with Gasteiger partial charge in [0.2, 0.25) is 5.91 Å². The Labute approximate surface area is 112 Å². The average molecular weight is 266 g/mol. The van der Waals surface area contributed by atoms with Crippen molar-refractivity contribution in [3.8, 4) is 0 Å². The number of thiocarbonyl (C=S) groups is 1. The molecule has 0 unspecified atom stereocenters. The summed E-state index contributed by atoms with van der Waals surface area (Å²) in [6.45, 7) is 4.35. The molecule has 1 aromatic rings. The molecule has 3 N–H and O–H groups in total. The van der Waals surface area contributed by atoms with Gasteiger partial charge in [0, 0.05) is 0 Å².